The highest BCUT2D eigenvalue weighted by molar-refractivity contribution is 7.19. The third kappa shape index (κ3) is 3.19. The maximum Gasteiger partial charge on any atom is 0.317 e. The van der Waals surface area contributed by atoms with Crippen LogP contribution in [0.4, 0.5) is 4.79 Å². The molecule has 1 aromatic carbocycles. The molecule has 2 N–H and O–H groups in total. The average Bonchev–Trinajstić information content (AvgIpc) is 2.96. The predicted octanol–water partition coefficient (Wildman–Crippen LogP) is 1.88. The smallest absolute Gasteiger partial charge is 0.317 e. The zero-order chi connectivity index (χ0) is 17.4. The van der Waals surface area contributed by atoms with Gasteiger partial charge in [0.15, 0.2) is 0 Å². The van der Waals surface area contributed by atoms with Crippen LogP contribution >= 0.6 is 22.9 Å². The molecule has 132 valence electrons. The second kappa shape index (κ2) is 6.82. The van der Waals surface area contributed by atoms with Gasteiger partial charge in [-0.1, -0.05) is 29.8 Å². The fourth-order valence-corrected chi connectivity index (χ4v) is 4.85. The van der Waals surface area contributed by atoms with Gasteiger partial charge in [0.1, 0.15) is 6.04 Å². The van der Waals surface area contributed by atoms with Crippen molar-refractivity contribution in [3.63, 3.8) is 0 Å². The van der Waals surface area contributed by atoms with Crippen molar-refractivity contribution in [3.8, 4) is 0 Å². The summed E-state index contributed by atoms with van der Waals surface area (Å²) in [7, 11) is 0. The van der Waals surface area contributed by atoms with Gasteiger partial charge in [-0.2, -0.15) is 0 Å². The lowest BCUT2D eigenvalue weighted by Gasteiger charge is -2.42. The third-order valence-electron chi connectivity index (χ3n) is 4.78. The van der Waals surface area contributed by atoms with Crippen LogP contribution in [-0.4, -0.2) is 60.5 Å². The molecular weight excluding hydrogens is 360 g/mol. The van der Waals surface area contributed by atoms with E-state index in [1.54, 1.807) is 16.2 Å². The minimum Gasteiger partial charge on any atom is -0.353 e. The first-order valence-electron chi connectivity index (χ1n) is 8.34. The molecule has 25 heavy (non-hydrogen) atoms. The first-order valence-corrected chi connectivity index (χ1v) is 9.53. The number of carbonyl (C=O) groups is 2. The van der Waals surface area contributed by atoms with Gasteiger partial charge in [-0.15, -0.1) is 11.3 Å². The predicted molar refractivity (Wildman–Crippen MR) is 99.0 cm³/mol. The molecule has 0 bridgehead atoms. The molecule has 2 aliphatic rings. The topological polar surface area (TPSA) is 64.7 Å². The van der Waals surface area contributed by atoms with E-state index in [2.05, 4.69) is 15.5 Å². The number of amides is 3. The summed E-state index contributed by atoms with van der Waals surface area (Å²) in [6, 6.07) is 7.57. The monoisotopic (exact) mass is 378 g/mol. The standard InChI is InChI=1S/C17H19ClN4O2S/c18-15-11-3-1-2-4-13(11)25-14(15)9-20-17(24)22-8-7-21-6-5-19-16(23)12(21)10-22/h1-4,12H,5-10H2,(H,19,23)(H,20,24). The molecule has 2 saturated heterocycles. The van der Waals surface area contributed by atoms with Gasteiger partial charge in [0.25, 0.3) is 0 Å². The number of rotatable bonds is 2. The minimum absolute atomic E-state index is 0.0105. The Hall–Kier alpha value is -1.83. The Morgan fingerprint density at radius 2 is 2.16 bits per heavy atom. The average molecular weight is 379 g/mol. The highest BCUT2D eigenvalue weighted by Crippen LogP contribution is 2.34. The number of thiophene rings is 1. The van der Waals surface area contributed by atoms with Crippen molar-refractivity contribution in [2.45, 2.75) is 12.6 Å². The summed E-state index contributed by atoms with van der Waals surface area (Å²) in [4.78, 5) is 29.3. The van der Waals surface area contributed by atoms with Crippen LogP contribution in [0.2, 0.25) is 5.02 Å². The SMILES string of the molecule is O=C1NCCN2CCN(C(=O)NCc3sc4ccccc4c3Cl)CC12. The number of hydrogen-bond acceptors (Lipinski definition) is 4. The number of carbonyl (C=O) groups excluding carboxylic acids is 2. The van der Waals surface area contributed by atoms with Crippen molar-refractivity contribution in [2.75, 3.05) is 32.7 Å². The fraction of sp³-hybridized carbons (Fsp3) is 0.412. The first-order chi connectivity index (χ1) is 12.1. The number of benzene rings is 1. The second-order valence-electron chi connectivity index (χ2n) is 6.28. The Kier molecular flexibility index (Phi) is 4.54. The van der Waals surface area contributed by atoms with Crippen LogP contribution in [-0.2, 0) is 11.3 Å². The molecule has 1 atom stereocenters. The minimum atomic E-state index is -0.235. The highest BCUT2D eigenvalue weighted by Gasteiger charge is 2.36. The van der Waals surface area contributed by atoms with Gasteiger partial charge in [-0.25, -0.2) is 4.79 Å². The van der Waals surface area contributed by atoms with Crippen LogP contribution < -0.4 is 10.6 Å². The number of nitrogens with zero attached hydrogens (tertiary/aromatic N) is 2. The molecule has 6 nitrogen and oxygen atoms in total. The molecule has 0 saturated carbocycles. The van der Waals surface area contributed by atoms with Gasteiger partial charge < -0.3 is 15.5 Å². The molecule has 0 radical (unpaired) electrons. The van der Waals surface area contributed by atoms with Crippen LogP contribution in [0.3, 0.4) is 0 Å². The van der Waals surface area contributed by atoms with E-state index >= 15 is 0 Å². The maximum absolute atomic E-state index is 12.5. The first kappa shape index (κ1) is 16.6. The molecule has 0 spiro atoms. The molecule has 2 aromatic rings. The summed E-state index contributed by atoms with van der Waals surface area (Å²) >= 11 is 8.02. The van der Waals surface area contributed by atoms with E-state index in [0.29, 0.717) is 31.2 Å². The number of halogens is 1. The molecule has 3 heterocycles. The largest absolute Gasteiger partial charge is 0.353 e. The second-order valence-corrected chi connectivity index (χ2v) is 7.80. The molecule has 2 fully saturated rings. The fourth-order valence-electron chi connectivity index (χ4n) is 3.41. The van der Waals surface area contributed by atoms with E-state index in [1.807, 2.05) is 24.3 Å². The van der Waals surface area contributed by atoms with Crippen LogP contribution in [0.15, 0.2) is 24.3 Å². The molecule has 4 rings (SSSR count). The Labute approximate surface area is 154 Å². The van der Waals surface area contributed by atoms with Crippen LogP contribution in [0, 0.1) is 0 Å². The van der Waals surface area contributed by atoms with Gasteiger partial charge >= 0.3 is 6.03 Å². The van der Waals surface area contributed by atoms with Crippen molar-refractivity contribution < 1.29 is 9.59 Å². The van der Waals surface area contributed by atoms with Gasteiger partial charge in [-0.3, -0.25) is 9.69 Å². The highest BCUT2D eigenvalue weighted by atomic mass is 35.5. The van der Waals surface area contributed by atoms with E-state index in [-0.39, 0.29) is 18.0 Å². The van der Waals surface area contributed by atoms with Crippen molar-refractivity contribution in [2.24, 2.45) is 0 Å². The molecule has 2 aliphatic heterocycles. The summed E-state index contributed by atoms with van der Waals surface area (Å²) in [5, 5.41) is 7.53. The Bertz CT molecular complexity index is 824. The lowest BCUT2D eigenvalue weighted by Crippen LogP contribution is -2.65. The lowest BCUT2D eigenvalue weighted by atomic mass is 10.1. The van der Waals surface area contributed by atoms with E-state index in [0.717, 1.165) is 28.1 Å². The van der Waals surface area contributed by atoms with E-state index in [1.165, 1.54) is 0 Å². The zero-order valence-electron chi connectivity index (χ0n) is 13.6. The molecule has 3 amide bonds. The summed E-state index contributed by atoms with van der Waals surface area (Å²) in [5.41, 5.74) is 0. The molecule has 0 aliphatic carbocycles. The number of fused-ring (bicyclic) bond motifs is 2. The Balaban J connectivity index is 1.40. The number of hydrogen-bond donors (Lipinski definition) is 2. The van der Waals surface area contributed by atoms with Crippen molar-refractivity contribution in [3.05, 3.63) is 34.2 Å². The summed E-state index contributed by atoms with van der Waals surface area (Å²) in [5.74, 6) is 0.0105. The van der Waals surface area contributed by atoms with E-state index in [4.69, 9.17) is 11.6 Å². The zero-order valence-corrected chi connectivity index (χ0v) is 15.2. The van der Waals surface area contributed by atoms with Crippen LogP contribution in [0.25, 0.3) is 10.1 Å². The van der Waals surface area contributed by atoms with Gasteiger partial charge in [0, 0.05) is 47.7 Å². The number of urea groups is 1. The van der Waals surface area contributed by atoms with Crippen molar-refractivity contribution in [1.82, 2.24) is 20.4 Å². The third-order valence-corrected chi connectivity index (χ3v) is 6.50. The molecular formula is C17H19ClN4O2S. The van der Waals surface area contributed by atoms with Crippen LogP contribution in [0.1, 0.15) is 4.88 Å². The van der Waals surface area contributed by atoms with Crippen molar-refractivity contribution in [1.29, 1.82) is 0 Å². The molecule has 1 unspecified atom stereocenters. The quantitative estimate of drug-likeness (QED) is 0.838. The molecule has 1 aromatic heterocycles. The number of piperazine rings is 2. The Morgan fingerprint density at radius 1 is 1.32 bits per heavy atom. The Morgan fingerprint density at radius 3 is 3.00 bits per heavy atom. The number of nitrogens with one attached hydrogen (secondary N) is 2. The summed E-state index contributed by atoms with van der Waals surface area (Å²) < 4.78 is 1.12. The normalized spacial score (nSPS) is 21.1. The summed E-state index contributed by atoms with van der Waals surface area (Å²) in [6.45, 7) is 3.73. The maximum atomic E-state index is 12.5. The van der Waals surface area contributed by atoms with Crippen LogP contribution in [0.5, 0.6) is 0 Å². The van der Waals surface area contributed by atoms with Gasteiger partial charge in [0.05, 0.1) is 11.6 Å². The lowest BCUT2D eigenvalue weighted by molar-refractivity contribution is -0.131. The summed E-state index contributed by atoms with van der Waals surface area (Å²) in [6.07, 6.45) is 0. The van der Waals surface area contributed by atoms with Gasteiger partial charge in [0.2, 0.25) is 5.91 Å². The van der Waals surface area contributed by atoms with Gasteiger partial charge in [-0.05, 0) is 6.07 Å². The van der Waals surface area contributed by atoms with Crippen molar-refractivity contribution >= 4 is 45.0 Å². The molecule has 8 heteroatoms. The van der Waals surface area contributed by atoms with E-state index in [9.17, 15) is 9.59 Å². The van der Waals surface area contributed by atoms with E-state index < -0.39 is 0 Å².